The summed E-state index contributed by atoms with van der Waals surface area (Å²) in [5.41, 5.74) is 1.29. The fraction of sp³-hybridized carbons (Fsp3) is 0.200. The maximum atomic E-state index is 14.0. The van der Waals surface area contributed by atoms with E-state index in [9.17, 15) is 4.39 Å². The molecule has 0 aliphatic carbocycles. The summed E-state index contributed by atoms with van der Waals surface area (Å²) in [7, 11) is 1.76. The van der Waals surface area contributed by atoms with Gasteiger partial charge < -0.3 is 10.6 Å². The van der Waals surface area contributed by atoms with E-state index in [-0.39, 0.29) is 5.82 Å². The van der Waals surface area contributed by atoms with E-state index < -0.39 is 0 Å². The molecule has 0 saturated heterocycles. The van der Waals surface area contributed by atoms with E-state index in [0.717, 1.165) is 20.7 Å². The smallest absolute Gasteiger partial charge is 0.225 e. The van der Waals surface area contributed by atoms with Crippen molar-refractivity contribution in [3.63, 3.8) is 0 Å². The molecule has 1 aromatic carbocycles. The van der Waals surface area contributed by atoms with Crippen LogP contribution < -0.4 is 10.6 Å². The molecule has 2 N–H and O–H groups in total. The van der Waals surface area contributed by atoms with Crippen LogP contribution in [-0.4, -0.2) is 17.0 Å². The van der Waals surface area contributed by atoms with Gasteiger partial charge in [0.15, 0.2) is 0 Å². The summed E-state index contributed by atoms with van der Waals surface area (Å²) >= 11 is 1.59. The molecule has 0 bridgehead atoms. The molecule has 0 radical (unpaired) electrons. The maximum absolute atomic E-state index is 14.0. The van der Waals surface area contributed by atoms with Gasteiger partial charge in [-0.2, -0.15) is 4.98 Å². The number of rotatable bonds is 3. The number of anilines is 3. The first kappa shape index (κ1) is 13.8. The second kappa shape index (κ2) is 5.29. The molecule has 0 fully saturated rings. The molecule has 0 spiro atoms. The molecule has 3 rings (SSSR count). The number of nitrogens with one attached hydrogen (secondary N) is 2. The van der Waals surface area contributed by atoms with Gasteiger partial charge in [-0.3, -0.25) is 0 Å². The number of benzene rings is 1. The van der Waals surface area contributed by atoms with Crippen molar-refractivity contribution < 1.29 is 4.39 Å². The predicted molar refractivity (Wildman–Crippen MR) is 86.1 cm³/mol. The highest BCUT2D eigenvalue weighted by molar-refractivity contribution is 7.18. The largest absolute Gasteiger partial charge is 0.357 e. The zero-order chi connectivity index (χ0) is 15.0. The average molecular weight is 302 g/mol. The Hall–Kier alpha value is -2.21. The third-order valence-corrected chi connectivity index (χ3v) is 4.06. The van der Waals surface area contributed by atoms with Gasteiger partial charge in [-0.1, -0.05) is 6.07 Å². The second-order valence-electron chi connectivity index (χ2n) is 4.83. The first-order valence-electron chi connectivity index (χ1n) is 6.56. The summed E-state index contributed by atoms with van der Waals surface area (Å²) in [6, 6.07) is 7.09. The molecule has 2 aromatic heterocycles. The van der Waals surface area contributed by atoms with Crippen LogP contribution >= 0.6 is 11.3 Å². The van der Waals surface area contributed by atoms with E-state index in [1.165, 1.54) is 6.07 Å². The van der Waals surface area contributed by atoms with E-state index >= 15 is 0 Å². The standard InChI is InChI=1S/C15H15FN4S/c1-8-4-5-12(11(16)6-8)18-13-10-7-9(2)21-14(10)20-15(17-3)19-13/h4-7H,1-3H3,(H2,17,18,19,20). The maximum Gasteiger partial charge on any atom is 0.225 e. The van der Waals surface area contributed by atoms with E-state index in [2.05, 4.69) is 20.6 Å². The van der Waals surface area contributed by atoms with Crippen molar-refractivity contribution in [1.29, 1.82) is 0 Å². The van der Waals surface area contributed by atoms with Crippen LogP contribution in [0.3, 0.4) is 0 Å². The minimum Gasteiger partial charge on any atom is -0.357 e. The van der Waals surface area contributed by atoms with Crippen LogP contribution in [0.2, 0.25) is 0 Å². The minimum atomic E-state index is -0.292. The highest BCUT2D eigenvalue weighted by Gasteiger charge is 2.12. The Morgan fingerprint density at radius 2 is 1.95 bits per heavy atom. The Labute approximate surface area is 126 Å². The number of hydrogen-bond donors (Lipinski definition) is 2. The molecule has 4 nitrogen and oxygen atoms in total. The lowest BCUT2D eigenvalue weighted by atomic mass is 10.2. The summed E-state index contributed by atoms with van der Waals surface area (Å²) in [6.07, 6.45) is 0. The first-order valence-corrected chi connectivity index (χ1v) is 7.37. The normalized spacial score (nSPS) is 10.9. The molecule has 0 atom stereocenters. The van der Waals surface area contributed by atoms with Gasteiger partial charge in [0.05, 0.1) is 11.1 Å². The summed E-state index contributed by atoms with van der Waals surface area (Å²) in [4.78, 5) is 10.8. The van der Waals surface area contributed by atoms with Crippen LogP contribution in [0.15, 0.2) is 24.3 Å². The molecule has 0 aliphatic rings. The molecular weight excluding hydrogens is 287 g/mol. The number of nitrogens with zero attached hydrogens (tertiary/aromatic N) is 2. The van der Waals surface area contributed by atoms with Gasteiger partial charge >= 0.3 is 0 Å². The Morgan fingerprint density at radius 1 is 1.14 bits per heavy atom. The molecule has 108 valence electrons. The van der Waals surface area contributed by atoms with E-state index in [0.29, 0.717) is 17.5 Å². The van der Waals surface area contributed by atoms with E-state index in [4.69, 9.17) is 0 Å². The molecular formula is C15H15FN4S. The van der Waals surface area contributed by atoms with Crippen molar-refractivity contribution in [3.05, 3.63) is 40.5 Å². The summed E-state index contributed by atoms with van der Waals surface area (Å²) in [5, 5.41) is 6.90. The van der Waals surface area contributed by atoms with Gasteiger partial charge in [0, 0.05) is 11.9 Å². The molecule has 21 heavy (non-hydrogen) atoms. The summed E-state index contributed by atoms with van der Waals surface area (Å²) < 4.78 is 14.0. The number of hydrogen-bond acceptors (Lipinski definition) is 5. The summed E-state index contributed by atoms with van der Waals surface area (Å²) in [6.45, 7) is 3.87. The lowest BCUT2D eigenvalue weighted by Gasteiger charge is -2.09. The van der Waals surface area contributed by atoms with E-state index in [1.807, 2.05) is 26.0 Å². The molecule has 3 aromatic rings. The zero-order valence-corrected chi connectivity index (χ0v) is 12.8. The van der Waals surface area contributed by atoms with Crippen molar-refractivity contribution in [2.24, 2.45) is 0 Å². The Bertz CT molecular complexity index is 813. The van der Waals surface area contributed by atoms with Crippen LogP contribution in [0.1, 0.15) is 10.4 Å². The number of thiophene rings is 1. The molecule has 2 heterocycles. The van der Waals surface area contributed by atoms with Crippen LogP contribution in [0, 0.1) is 19.7 Å². The van der Waals surface area contributed by atoms with Crippen molar-refractivity contribution in [2.45, 2.75) is 13.8 Å². The summed E-state index contributed by atoms with van der Waals surface area (Å²) in [5.74, 6) is 0.829. The quantitative estimate of drug-likeness (QED) is 0.760. The molecule has 0 aliphatic heterocycles. The van der Waals surface area contributed by atoms with E-state index in [1.54, 1.807) is 24.5 Å². The van der Waals surface area contributed by atoms with Gasteiger partial charge in [0.25, 0.3) is 0 Å². The van der Waals surface area contributed by atoms with Crippen LogP contribution in [0.5, 0.6) is 0 Å². The number of aromatic nitrogens is 2. The topological polar surface area (TPSA) is 49.8 Å². The highest BCUT2D eigenvalue weighted by Crippen LogP contribution is 2.31. The van der Waals surface area contributed by atoms with Gasteiger partial charge in [0.1, 0.15) is 16.5 Å². The Morgan fingerprint density at radius 3 is 2.67 bits per heavy atom. The molecule has 0 unspecified atom stereocenters. The van der Waals surface area contributed by atoms with Crippen LogP contribution in [-0.2, 0) is 0 Å². The second-order valence-corrected chi connectivity index (χ2v) is 6.06. The van der Waals surface area contributed by atoms with Crippen molar-refractivity contribution >= 4 is 39.0 Å². The molecule has 0 amide bonds. The predicted octanol–water partition coefficient (Wildman–Crippen LogP) is 4.23. The Balaban J connectivity index is 2.10. The van der Waals surface area contributed by atoms with Crippen LogP contribution in [0.25, 0.3) is 10.2 Å². The fourth-order valence-electron chi connectivity index (χ4n) is 2.10. The van der Waals surface area contributed by atoms with Gasteiger partial charge in [-0.15, -0.1) is 11.3 Å². The zero-order valence-electron chi connectivity index (χ0n) is 12.0. The monoisotopic (exact) mass is 302 g/mol. The SMILES string of the molecule is CNc1nc(Nc2ccc(C)cc2F)c2cc(C)sc2n1. The third-order valence-electron chi connectivity index (χ3n) is 3.12. The average Bonchev–Trinajstić information content (AvgIpc) is 2.82. The number of fused-ring (bicyclic) bond motifs is 1. The van der Waals surface area contributed by atoms with Crippen molar-refractivity contribution in [2.75, 3.05) is 17.7 Å². The minimum absolute atomic E-state index is 0.292. The number of aryl methyl sites for hydroxylation is 2. The molecule has 6 heteroatoms. The van der Waals surface area contributed by atoms with Gasteiger partial charge in [-0.25, -0.2) is 9.37 Å². The third kappa shape index (κ3) is 2.67. The highest BCUT2D eigenvalue weighted by atomic mass is 32.1. The lowest BCUT2D eigenvalue weighted by molar-refractivity contribution is 0.630. The lowest BCUT2D eigenvalue weighted by Crippen LogP contribution is -2.02. The van der Waals surface area contributed by atoms with Crippen LogP contribution in [0.4, 0.5) is 21.8 Å². The Kier molecular flexibility index (Phi) is 3.47. The first-order chi connectivity index (χ1) is 10.1. The number of halogens is 1. The van der Waals surface area contributed by atoms with Crippen molar-refractivity contribution in [3.8, 4) is 0 Å². The molecule has 0 saturated carbocycles. The fourth-order valence-corrected chi connectivity index (χ4v) is 2.98. The van der Waals surface area contributed by atoms with Gasteiger partial charge in [-0.05, 0) is 37.6 Å². The van der Waals surface area contributed by atoms with Crippen molar-refractivity contribution in [1.82, 2.24) is 9.97 Å². The van der Waals surface area contributed by atoms with Gasteiger partial charge in [0.2, 0.25) is 5.95 Å².